The van der Waals surface area contributed by atoms with Crippen molar-refractivity contribution in [2.24, 2.45) is 0 Å². The van der Waals surface area contributed by atoms with Crippen molar-refractivity contribution >= 4 is 0 Å². The lowest BCUT2D eigenvalue weighted by Gasteiger charge is -2.06. The molecule has 0 aliphatic heterocycles. The van der Waals surface area contributed by atoms with E-state index in [1.807, 2.05) is 0 Å². The highest BCUT2D eigenvalue weighted by Gasteiger charge is 2.09. The highest BCUT2D eigenvalue weighted by molar-refractivity contribution is 5.29. The first-order chi connectivity index (χ1) is 4.86. The van der Waals surface area contributed by atoms with Crippen LogP contribution in [-0.2, 0) is 12.8 Å². The van der Waals surface area contributed by atoms with Crippen LogP contribution in [0, 0.1) is 0 Å². The fourth-order valence-corrected chi connectivity index (χ4v) is 1.34. The maximum Gasteiger partial charge on any atom is 0.111 e. The van der Waals surface area contributed by atoms with E-state index >= 15 is 0 Å². The van der Waals surface area contributed by atoms with Gasteiger partial charge in [-0.2, -0.15) is 0 Å². The van der Waals surface area contributed by atoms with Gasteiger partial charge in [0.2, 0.25) is 0 Å². The van der Waals surface area contributed by atoms with Crippen molar-refractivity contribution in [3.05, 3.63) is 35.3 Å². The van der Waals surface area contributed by atoms with Gasteiger partial charge in [0.25, 0.3) is 0 Å². The molecule has 1 aromatic heterocycles. The Labute approximate surface area is 60.4 Å². The van der Waals surface area contributed by atoms with Crippen molar-refractivity contribution in [3.8, 4) is 0 Å². The van der Waals surface area contributed by atoms with Crippen LogP contribution < -0.4 is 0 Å². The van der Waals surface area contributed by atoms with Crippen molar-refractivity contribution < 1.29 is 4.42 Å². The van der Waals surface area contributed by atoms with Gasteiger partial charge in [-0.15, -0.1) is 0 Å². The van der Waals surface area contributed by atoms with Crippen LogP contribution in [0.4, 0.5) is 0 Å². The molecule has 1 heteroatoms. The molecule has 0 atom stereocenters. The Kier molecular flexibility index (Phi) is 1.16. The van der Waals surface area contributed by atoms with Crippen LogP contribution in [0.5, 0.6) is 0 Å². The average molecular weight is 134 g/mol. The number of allylic oxidation sites excluding steroid dienone is 2. The minimum absolute atomic E-state index is 0.980. The van der Waals surface area contributed by atoms with Gasteiger partial charge in [-0.25, -0.2) is 0 Å². The molecule has 1 nitrogen and oxygen atoms in total. The molecule has 0 saturated heterocycles. The topological polar surface area (TPSA) is 13.1 Å². The zero-order chi connectivity index (χ0) is 6.97. The minimum atomic E-state index is 0.980. The van der Waals surface area contributed by atoms with Crippen molar-refractivity contribution in [2.45, 2.75) is 19.8 Å². The summed E-state index contributed by atoms with van der Waals surface area (Å²) < 4.78 is 5.26. The smallest absolute Gasteiger partial charge is 0.111 e. The van der Waals surface area contributed by atoms with E-state index in [0.29, 0.717) is 0 Å². The molecule has 0 N–H and O–H groups in total. The molecule has 52 valence electrons. The third-order valence-electron chi connectivity index (χ3n) is 1.94. The lowest BCUT2D eigenvalue weighted by atomic mass is 9.99. The van der Waals surface area contributed by atoms with Crippen LogP contribution in [-0.4, -0.2) is 0 Å². The van der Waals surface area contributed by atoms with Crippen molar-refractivity contribution in [2.75, 3.05) is 0 Å². The molecule has 0 amide bonds. The average Bonchev–Trinajstić information content (AvgIpc) is 2.33. The van der Waals surface area contributed by atoms with E-state index in [4.69, 9.17) is 4.42 Å². The van der Waals surface area contributed by atoms with Gasteiger partial charge in [-0.05, 0) is 25.0 Å². The number of rotatable bonds is 0. The summed E-state index contributed by atoms with van der Waals surface area (Å²) in [6.07, 6.45) is 6.06. The van der Waals surface area contributed by atoms with Gasteiger partial charge in [-0.1, -0.05) is 11.6 Å². The maximum atomic E-state index is 5.26. The van der Waals surface area contributed by atoms with Crippen LogP contribution >= 0.6 is 0 Å². The van der Waals surface area contributed by atoms with Crippen LogP contribution in [0.2, 0.25) is 0 Å². The normalized spacial score (nSPS) is 16.3. The molecule has 0 spiro atoms. The van der Waals surface area contributed by atoms with E-state index in [-0.39, 0.29) is 0 Å². The van der Waals surface area contributed by atoms with Crippen LogP contribution in [0.1, 0.15) is 18.2 Å². The van der Waals surface area contributed by atoms with E-state index in [1.54, 1.807) is 6.26 Å². The molecule has 1 aromatic rings. The monoisotopic (exact) mass is 134 g/mol. The predicted octanol–water partition coefficient (Wildman–Crippen LogP) is 2.32. The number of fused-ring (bicyclic) bond motifs is 1. The van der Waals surface area contributed by atoms with Crippen LogP contribution in [0.25, 0.3) is 0 Å². The summed E-state index contributed by atoms with van der Waals surface area (Å²) in [6.45, 7) is 2.16. The minimum Gasteiger partial charge on any atom is -0.469 e. The molecule has 0 bridgehead atoms. The second-order valence-electron chi connectivity index (χ2n) is 2.80. The van der Waals surface area contributed by atoms with E-state index in [2.05, 4.69) is 19.1 Å². The Bertz CT molecular complexity index is 268. The van der Waals surface area contributed by atoms with Crippen molar-refractivity contribution in [3.63, 3.8) is 0 Å². The maximum absolute atomic E-state index is 5.26. The molecule has 0 radical (unpaired) electrons. The van der Waals surface area contributed by atoms with E-state index in [9.17, 15) is 0 Å². The molecule has 1 heterocycles. The first-order valence-corrected chi connectivity index (χ1v) is 3.57. The summed E-state index contributed by atoms with van der Waals surface area (Å²) >= 11 is 0. The second kappa shape index (κ2) is 2.01. The van der Waals surface area contributed by atoms with Gasteiger partial charge in [0.1, 0.15) is 5.76 Å². The fraction of sp³-hybridized carbons (Fsp3) is 0.333. The number of furan rings is 1. The summed E-state index contributed by atoms with van der Waals surface area (Å²) in [7, 11) is 0. The van der Waals surface area contributed by atoms with Gasteiger partial charge >= 0.3 is 0 Å². The third-order valence-corrected chi connectivity index (χ3v) is 1.94. The van der Waals surface area contributed by atoms with Crippen LogP contribution in [0.15, 0.2) is 28.4 Å². The predicted molar refractivity (Wildman–Crippen MR) is 39.9 cm³/mol. The standard InChI is InChI=1S/C9H10O/c1-7-2-3-9-8(6-7)4-5-10-9/h2,4-5H,3,6H2,1H3. The molecule has 0 fully saturated rings. The largest absolute Gasteiger partial charge is 0.469 e. The zero-order valence-corrected chi connectivity index (χ0v) is 6.05. The summed E-state index contributed by atoms with van der Waals surface area (Å²) in [4.78, 5) is 0. The Hall–Kier alpha value is -0.980. The lowest BCUT2D eigenvalue weighted by molar-refractivity contribution is 0.516. The Morgan fingerprint density at radius 3 is 3.30 bits per heavy atom. The van der Waals surface area contributed by atoms with E-state index < -0.39 is 0 Å². The second-order valence-corrected chi connectivity index (χ2v) is 2.80. The van der Waals surface area contributed by atoms with Crippen molar-refractivity contribution in [1.29, 1.82) is 0 Å². The first kappa shape index (κ1) is 5.78. The molecule has 0 saturated carbocycles. The third kappa shape index (κ3) is 0.783. The highest BCUT2D eigenvalue weighted by atomic mass is 16.3. The first-order valence-electron chi connectivity index (χ1n) is 3.57. The van der Waals surface area contributed by atoms with Gasteiger partial charge in [0.15, 0.2) is 0 Å². The lowest BCUT2D eigenvalue weighted by Crippen LogP contribution is -1.96. The SMILES string of the molecule is CC1=CCc2occc2C1. The molecular formula is C9H10O. The molecule has 1 aliphatic carbocycles. The molecule has 0 aromatic carbocycles. The summed E-state index contributed by atoms with van der Waals surface area (Å²) in [5, 5.41) is 0. The summed E-state index contributed by atoms with van der Waals surface area (Å²) in [6, 6.07) is 2.06. The van der Waals surface area contributed by atoms with Gasteiger partial charge in [0.05, 0.1) is 6.26 Å². The molecule has 1 aliphatic rings. The van der Waals surface area contributed by atoms with Crippen LogP contribution in [0.3, 0.4) is 0 Å². The molecule has 0 unspecified atom stereocenters. The molecule has 10 heavy (non-hydrogen) atoms. The zero-order valence-electron chi connectivity index (χ0n) is 6.05. The molecule has 2 rings (SSSR count). The van der Waals surface area contributed by atoms with Crippen molar-refractivity contribution in [1.82, 2.24) is 0 Å². The van der Waals surface area contributed by atoms with Gasteiger partial charge < -0.3 is 4.42 Å². The highest BCUT2D eigenvalue weighted by Crippen LogP contribution is 2.20. The Morgan fingerprint density at radius 2 is 2.40 bits per heavy atom. The fourth-order valence-electron chi connectivity index (χ4n) is 1.34. The quantitative estimate of drug-likeness (QED) is 0.496. The number of hydrogen-bond donors (Lipinski definition) is 0. The van der Waals surface area contributed by atoms with Gasteiger partial charge in [0, 0.05) is 6.42 Å². The van der Waals surface area contributed by atoms with E-state index in [0.717, 1.165) is 18.6 Å². The molecular weight excluding hydrogens is 124 g/mol. The Balaban J connectivity index is 2.39. The van der Waals surface area contributed by atoms with Gasteiger partial charge in [-0.3, -0.25) is 0 Å². The number of hydrogen-bond acceptors (Lipinski definition) is 1. The Morgan fingerprint density at radius 1 is 1.50 bits per heavy atom. The summed E-state index contributed by atoms with van der Waals surface area (Å²) in [5.74, 6) is 1.14. The van der Waals surface area contributed by atoms with E-state index in [1.165, 1.54) is 11.1 Å². The summed E-state index contributed by atoms with van der Waals surface area (Å²) in [5.41, 5.74) is 2.81.